The van der Waals surface area contributed by atoms with Gasteiger partial charge in [0.15, 0.2) is 5.69 Å². The zero-order chi connectivity index (χ0) is 14.1. The first-order valence-electron chi connectivity index (χ1n) is 5.78. The molecule has 0 aromatic carbocycles. The summed E-state index contributed by atoms with van der Waals surface area (Å²) < 4.78 is 0. The number of thiazole rings is 1. The molecule has 8 heteroatoms. The van der Waals surface area contributed by atoms with Gasteiger partial charge in [-0.3, -0.25) is 0 Å². The molecule has 3 aromatic heterocycles. The van der Waals surface area contributed by atoms with E-state index >= 15 is 0 Å². The van der Waals surface area contributed by atoms with Gasteiger partial charge in [-0.05, 0) is 18.4 Å². The zero-order valence-corrected chi connectivity index (χ0v) is 12.0. The number of carboxylic acid groups (broad SMARTS) is 1. The standard InChI is InChI=1S/C12H10N4O2S2/c1-6(10-16-8(4-20-10)12(17)18)15-9-7-2-3-19-11(7)14-5-13-9/h2-6H,1H3,(H,17,18)(H,13,14,15). The van der Waals surface area contributed by atoms with Crippen LogP contribution in [0.2, 0.25) is 0 Å². The Hall–Kier alpha value is -2.06. The predicted molar refractivity (Wildman–Crippen MR) is 78.5 cm³/mol. The van der Waals surface area contributed by atoms with Crippen molar-refractivity contribution in [2.75, 3.05) is 5.32 Å². The molecule has 3 rings (SSSR count). The van der Waals surface area contributed by atoms with E-state index in [1.807, 2.05) is 18.4 Å². The molecule has 0 aliphatic carbocycles. The number of carbonyl (C=O) groups is 1. The van der Waals surface area contributed by atoms with Crippen molar-refractivity contribution in [1.29, 1.82) is 0 Å². The SMILES string of the molecule is CC(Nc1ncnc2sccc12)c1nc(C(=O)O)cs1. The van der Waals surface area contributed by atoms with Gasteiger partial charge < -0.3 is 10.4 Å². The van der Waals surface area contributed by atoms with Gasteiger partial charge in [0, 0.05) is 5.38 Å². The van der Waals surface area contributed by atoms with E-state index < -0.39 is 5.97 Å². The van der Waals surface area contributed by atoms with Gasteiger partial charge in [-0.15, -0.1) is 22.7 Å². The maximum Gasteiger partial charge on any atom is 0.355 e. The number of hydrogen-bond donors (Lipinski definition) is 2. The van der Waals surface area contributed by atoms with Gasteiger partial charge in [0.1, 0.15) is 22.0 Å². The lowest BCUT2D eigenvalue weighted by atomic mass is 10.3. The molecule has 0 fully saturated rings. The Labute approximate surface area is 122 Å². The second-order valence-electron chi connectivity index (χ2n) is 4.10. The average Bonchev–Trinajstić information content (AvgIpc) is 3.08. The molecule has 3 heterocycles. The first-order valence-corrected chi connectivity index (χ1v) is 7.54. The summed E-state index contributed by atoms with van der Waals surface area (Å²) in [5.74, 6) is -0.280. The molecule has 0 saturated carbocycles. The third-order valence-corrected chi connectivity index (χ3v) is 4.57. The minimum absolute atomic E-state index is 0.0713. The van der Waals surface area contributed by atoms with Crippen molar-refractivity contribution in [2.24, 2.45) is 0 Å². The fraction of sp³-hybridized carbons (Fsp3) is 0.167. The molecule has 0 radical (unpaired) electrons. The molecule has 0 aliphatic rings. The Morgan fingerprint density at radius 1 is 1.40 bits per heavy atom. The third-order valence-electron chi connectivity index (χ3n) is 2.73. The van der Waals surface area contributed by atoms with Crippen molar-refractivity contribution in [2.45, 2.75) is 13.0 Å². The molecule has 0 saturated heterocycles. The first-order chi connectivity index (χ1) is 9.65. The molecule has 0 amide bonds. The van der Waals surface area contributed by atoms with Crippen LogP contribution in [0, 0.1) is 0 Å². The second-order valence-corrected chi connectivity index (χ2v) is 5.89. The lowest BCUT2D eigenvalue weighted by Crippen LogP contribution is -2.08. The monoisotopic (exact) mass is 306 g/mol. The predicted octanol–water partition coefficient (Wildman–Crippen LogP) is 3.02. The maximum atomic E-state index is 10.8. The molecule has 20 heavy (non-hydrogen) atoms. The number of fused-ring (bicyclic) bond motifs is 1. The number of nitrogens with zero attached hydrogens (tertiary/aromatic N) is 3. The Kier molecular flexibility index (Phi) is 3.33. The summed E-state index contributed by atoms with van der Waals surface area (Å²) in [5, 5.41) is 17.3. The van der Waals surface area contributed by atoms with Crippen LogP contribution in [0.3, 0.4) is 0 Å². The maximum absolute atomic E-state index is 10.8. The number of hydrogen-bond acceptors (Lipinski definition) is 7. The van der Waals surface area contributed by atoms with Crippen molar-refractivity contribution < 1.29 is 9.90 Å². The molecule has 0 aliphatic heterocycles. The van der Waals surface area contributed by atoms with E-state index in [0.29, 0.717) is 5.01 Å². The van der Waals surface area contributed by atoms with Gasteiger partial charge in [0.05, 0.1) is 11.4 Å². The van der Waals surface area contributed by atoms with Gasteiger partial charge in [0.2, 0.25) is 0 Å². The number of thiophene rings is 1. The molecule has 3 aromatic rings. The molecular formula is C12H10N4O2S2. The van der Waals surface area contributed by atoms with Crippen molar-refractivity contribution in [3.63, 3.8) is 0 Å². The highest BCUT2D eigenvalue weighted by molar-refractivity contribution is 7.16. The smallest absolute Gasteiger partial charge is 0.355 e. The van der Waals surface area contributed by atoms with Gasteiger partial charge in [-0.1, -0.05) is 0 Å². The Balaban J connectivity index is 1.86. The van der Waals surface area contributed by atoms with E-state index in [-0.39, 0.29) is 11.7 Å². The summed E-state index contributed by atoms with van der Waals surface area (Å²) in [7, 11) is 0. The van der Waals surface area contributed by atoms with Gasteiger partial charge in [0.25, 0.3) is 0 Å². The lowest BCUT2D eigenvalue weighted by Gasteiger charge is -2.12. The van der Waals surface area contributed by atoms with E-state index in [4.69, 9.17) is 5.11 Å². The lowest BCUT2D eigenvalue weighted by molar-refractivity contribution is 0.0691. The van der Waals surface area contributed by atoms with Crippen LogP contribution < -0.4 is 5.32 Å². The number of aromatic nitrogens is 3. The highest BCUT2D eigenvalue weighted by atomic mass is 32.1. The van der Waals surface area contributed by atoms with E-state index in [0.717, 1.165) is 16.0 Å². The van der Waals surface area contributed by atoms with Crippen LogP contribution >= 0.6 is 22.7 Å². The Bertz CT molecular complexity index is 768. The minimum Gasteiger partial charge on any atom is -0.476 e. The highest BCUT2D eigenvalue weighted by Crippen LogP contribution is 2.27. The Morgan fingerprint density at radius 2 is 2.25 bits per heavy atom. The van der Waals surface area contributed by atoms with E-state index in [2.05, 4.69) is 20.3 Å². The summed E-state index contributed by atoms with van der Waals surface area (Å²) in [5.41, 5.74) is 0.0713. The number of nitrogens with one attached hydrogen (secondary N) is 1. The topological polar surface area (TPSA) is 88.0 Å². The third kappa shape index (κ3) is 2.35. The molecule has 0 spiro atoms. The summed E-state index contributed by atoms with van der Waals surface area (Å²) >= 11 is 2.87. The van der Waals surface area contributed by atoms with Gasteiger partial charge in [-0.25, -0.2) is 19.7 Å². The van der Waals surface area contributed by atoms with Crippen LogP contribution in [0.1, 0.15) is 28.5 Å². The first kappa shape index (κ1) is 12.9. The van der Waals surface area contributed by atoms with E-state index in [9.17, 15) is 4.79 Å². The summed E-state index contributed by atoms with van der Waals surface area (Å²) in [4.78, 5) is 24.3. The number of anilines is 1. The highest BCUT2D eigenvalue weighted by Gasteiger charge is 2.15. The number of carboxylic acids is 1. The molecule has 0 bridgehead atoms. The quantitative estimate of drug-likeness (QED) is 0.770. The van der Waals surface area contributed by atoms with Crippen molar-refractivity contribution in [1.82, 2.24) is 15.0 Å². The van der Waals surface area contributed by atoms with Crippen LogP contribution in [0.5, 0.6) is 0 Å². The fourth-order valence-corrected chi connectivity index (χ4v) is 3.29. The second kappa shape index (κ2) is 5.14. The van der Waals surface area contributed by atoms with Gasteiger partial charge >= 0.3 is 5.97 Å². The molecule has 6 nitrogen and oxygen atoms in total. The van der Waals surface area contributed by atoms with Crippen molar-refractivity contribution in [3.05, 3.63) is 33.9 Å². The molecule has 102 valence electrons. The van der Waals surface area contributed by atoms with Crippen LogP contribution in [0.4, 0.5) is 5.82 Å². The Morgan fingerprint density at radius 3 is 3.00 bits per heavy atom. The van der Waals surface area contributed by atoms with Crippen LogP contribution in [-0.2, 0) is 0 Å². The number of aromatic carboxylic acids is 1. The average molecular weight is 306 g/mol. The van der Waals surface area contributed by atoms with Crippen molar-refractivity contribution in [3.8, 4) is 0 Å². The molecular weight excluding hydrogens is 296 g/mol. The van der Waals surface area contributed by atoms with E-state index in [1.54, 1.807) is 11.3 Å². The largest absolute Gasteiger partial charge is 0.476 e. The normalized spacial score (nSPS) is 12.4. The van der Waals surface area contributed by atoms with Crippen molar-refractivity contribution >= 4 is 44.7 Å². The summed E-state index contributed by atoms with van der Waals surface area (Å²) in [6.45, 7) is 1.92. The minimum atomic E-state index is -1.01. The van der Waals surface area contributed by atoms with Gasteiger partial charge in [-0.2, -0.15) is 0 Å². The van der Waals surface area contributed by atoms with E-state index in [1.165, 1.54) is 23.0 Å². The fourth-order valence-electron chi connectivity index (χ4n) is 1.76. The zero-order valence-electron chi connectivity index (χ0n) is 10.4. The van der Waals surface area contributed by atoms with Crippen LogP contribution in [-0.4, -0.2) is 26.0 Å². The molecule has 1 atom stereocenters. The molecule has 2 N–H and O–H groups in total. The van der Waals surface area contributed by atoms with Crippen LogP contribution in [0.25, 0.3) is 10.2 Å². The summed E-state index contributed by atoms with van der Waals surface area (Å²) in [6.07, 6.45) is 1.51. The van der Waals surface area contributed by atoms with Crippen LogP contribution in [0.15, 0.2) is 23.2 Å². The number of rotatable bonds is 4. The summed E-state index contributed by atoms with van der Waals surface area (Å²) in [6, 6.07) is 1.84. The molecule has 1 unspecified atom stereocenters.